The fourth-order valence-electron chi connectivity index (χ4n) is 1.83. The van der Waals surface area contributed by atoms with Crippen molar-refractivity contribution in [2.75, 3.05) is 46.6 Å². The average Bonchev–Trinajstić information content (AvgIpc) is 2.63. The van der Waals surface area contributed by atoms with E-state index in [0.717, 1.165) is 44.3 Å². The minimum Gasteiger partial charge on any atom is -0.493 e. The van der Waals surface area contributed by atoms with Crippen LogP contribution in [0.1, 0.15) is 0 Å². The molecule has 136 valence electrons. The Morgan fingerprint density at radius 3 is 2.28 bits per heavy atom. The number of para-hydroxylation sites is 2. The lowest BCUT2D eigenvalue weighted by molar-refractivity contribution is -0.159. The van der Waals surface area contributed by atoms with Crippen LogP contribution in [0.3, 0.4) is 0 Å². The molecule has 1 aliphatic heterocycles. The zero-order chi connectivity index (χ0) is 18.5. The number of carboxylic acids is 2. The SMILES string of the molecule is COc1ccccc1OCC#CCN1CCOCC1.O=C(O)C(=O)O. The maximum atomic E-state index is 9.10. The Bertz CT molecular complexity index is 603. The molecular formula is C17H21NO7. The van der Waals surface area contributed by atoms with Crippen molar-refractivity contribution in [3.8, 4) is 23.3 Å². The van der Waals surface area contributed by atoms with Gasteiger partial charge in [0.15, 0.2) is 11.5 Å². The van der Waals surface area contributed by atoms with Gasteiger partial charge in [-0.05, 0) is 12.1 Å². The van der Waals surface area contributed by atoms with E-state index in [0.29, 0.717) is 6.61 Å². The molecule has 8 nitrogen and oxygen atoms in total. The summed E-state index contributed by atoms with van der Waals surface area (Å²) in [6, 6.07) is 7.58. The molecule has 0 spiro atoms. The summed E-state index contributed by atoms with van der Waals surface area (Å²) in [4.78, 5) is 20.5. The van der Waals surface area contributed by atoms with Crippen LogP contribution in [-0.2, 0) is 14.3 Å². The molecule has 0 aliphatic carbocycles. The molecule has 1 saturated heterocycles. The van der Waals surface area contributed by atoms with E-state index >= 15 is 0 Å². The van der Waals surface area contributed by atoms with Crippen LogP contribution >= 0.6 is 0 Å². The third-order valence-corrected chi connectivity index (χ3v) is 3.08. The molecular weight excluding hydrogens is 330 g/mol. The first kappa shape index (κ1) is 20.3. The summed E-state index contributed by atoms with van der Waals surface area (Å²) < 4.78 is 16.1. The van der Waals surface area contributed by atoms with E-state index in [2.05, 4.69) is 16.7 Å². The van der Waals surface area contributed by atoms with Crippen LogP contribution in [0.2, 0.25) is 0 Å². The van der Waals surface area contributed by atoms with E-state index in [1.165, 1.54) is 0 Å². The second kappa shape index (κ2) is 11.7. The number of nitrogens with zero attached hydrogens (tertiary/aromatic N) is 1. The number of carbonyl (C=O) groups is 2. The summed E-state index contributed by atoms with van der Waals surface area (Å²) in [5, 5.41) is 14.8. The summed E-state index contributed by atoms with van der Waals surface area (Å²) in [7, 11) is 1.63. The van der Waals surface area contributed by atoms with Crippen LogP contribution in [-0.4, -0.2) is 73.6 Å². The molecule has 0 radical (unpaired) electrons. The number of hydrogen-bond donors (Lipinski definition) is 2. The highest BCUT2D eigenvalue weighted by Gasteiger charge is 2.07. The van der Waals surface area contributed by atoms with Crippen molar-refractivity contribution >= 4 is 11.9 Å². The Morgan fingerprint density at radius 2 is 1.72 bits per heavy atom. The zero-order valence-corrected chi connectivity index (χ0v) is 13.9. The van der Waals surface area contributed by atoms with Crippen molar-refractivity contribution in [2.45, 2.75) is 0 Å². The van der Waals surface area contributed by atoms with Crippen molar-refractivity contribution in [1.82, 2.24) is 4.90 Å². The molecule has 0 atom stereocenters. The molecule has 1 aromatic carbocycles. The number of methoxy groups -OCH3 is 1. The second-order valence-corrected chi connectivity index (χ2v) is 4.79. The van der Waals surface area contributed by atoms with Crippen molar-refractivity contribution in [3.63, 3.8) is 0 Å². The molecule has 0 aromatic heterocycles. The first-order chi connectivity index (χ1) is 12.0. The van der Waals surface area contributed by atoms with Crippen molar-refractivity contribution in [3.05, 3.63) is 24.3 Å². The van der Waals surface area contributed by atoms with Gasteiger partial charge in [-0.25, -0.2) is 9.59 Å². The van der Waals surface area contributed by atoms with Crippen LogP contribution in [0, 0.1) is 11.8 Å². The normalized spacial score (nSPS) is 13.5. The number of morpholine rings is 1. The Labute approximate surface area is 145 Å². The summed E-state index contributed by atoms with van der Waals surface area (Å²) in [5.41, 5.74) is 0. The van der Waals surface area contributed by atoms with Crippen LogP contribution in [0.15, 0.2) is 24.3 Å². The maximum absolute atomic E-state index is 9.10. The Balaban J connectivity index is 0.000000450. The fourth-order valence-corrected chi connectivity index (χ4v) is 1.83. The number of benzene rings is 1. The smallest absolute Gasteiger partial charge is 0.414 e. The molecule has 1 aromatic rings. The zero-order valence-electron chi connectivity index (χ0n) is 13.9. The standard InChI is InChI=1S/C15H19NO3.C2H2O4/c1-17-14-6-2-3-7-15(14)19-11-5-4-8-16-9-12-18-13-10-16;3-1(4)2(5)6/h2-3,6-7H,8-13H2,1H3;(H,3,4)(H,5,6). The minimum atomic E-state index is -1.82. The van der Waals surface area contributed by atoms with E-state index < -0.39 is 11.9 Å². The topological polar surface area (TPSA) is 106 Å². The highest BCUT2D eigenvalue weighted by molar-refractivity contribution is 6.27. The van der Waals surface area contributed by atoms with Gasteiger partial charge in [0.2, 0.25) is 0 Å². The maximum Gasteiger partial charge on any atom is 0.414 e. The lowest BCUT2D eigenvalue weighted by Crippen LogP contribution is -2.36. The molecule has 1 fully saturated rings. The van der Waals surface area contributed by atoms with E-state index in [4.69, 9.17) is 34.0 Å². The molecule has 0 amide bonds. The summed E-state index contributed by atoms with van der Waals surface area (Å²) in [6.45, 7) is 4.69. The number of aliphatic carboxylic acids is 2. The first-order valence-electron chi connectivity index (χ1n) is 7.52. The molecule has 25 heavy (non-hydrogen) atoms. The van der Waals surface area contributed by atoms with Gasteiger partial charge in [-0.1, -0.05) is 24.0 Å². The molecule has 0 saturated carbocycles. The lowest BCUT2D eigenvalue weighted by atomic mass is 10.3. The van der Waals surface area contributed by atoms with Gasteiger partial charge in [-0.3, -0.25) is 4.90 Å². The van der Waals surface area contributed by atoms with Crippen LogP contribution in [0.4, 0.5) is 0 Å². The largest absolute Gasteiger partial charge is 0.493 e. The van der Waals surface area contributed by atoms with E-state index in [9.17, 15) is 0 Å². The van der Waals surface area contributed by atoms with Crippen LogP contribution in [0.25, 0.3) is 0 Å². The van der Waals surface area contributed by atoms with Gasteiger partial charge in [0, 0.05) is 13.1 Å². The monoisotopic (exact) mass is 351 g/mol. The molecule has 2 N–H and O–H groups in total. The number of carboxylic acid groups (broad SMARTS) is 2. The van der Waals surface area contributed by atoms with Crippen molar-refractivity contribution in [1.29, 1.82) is 0 Å². The second-order valence-electron chi connectivity index (χ2n) is 4.79. The van der Waals surface area contributed by atoms with E-state index in [-0.39, 0.29) is 0 Å². The van der Waals surface area contributed by atoms with E-state index in [1.54, 1.807) is 7.11 Å². The average molecular weight is 351 g/mol. The van der Waals surface area contributed by atoms with Gasteiger partial charge < -0.3 is 24.4 Å². The van der Waals surface area contributed by atoms with Crippen molar-refractivity contribution < 1.29 is 34.0 Å². The van der Waals surface area contributed by atoms with Gasteiger partial charge in [0.05, 0.1) is 26.9 Å². The van der Waals surface area contributed by atoms with Gasteiger partial charge in [0.25, 0.3) is 0 Å². The minimum absolute atomic E-state index is 0.380. The van der Waals surface area contributed by atoms with Crippen LogP contribution in [0.5, 0.6) is 11.5 Å². The number of ether oxygens (including phenoxy) is 3. The van der Waals surface area contributed by atoms with E-state index in [1.807, 2.05) is 24.3 Å². The Kier molecular flexibility index (Phi) is 9.51. The summed E-state index contributed by atoms with van der Waals surface area (Å²) >= 11 is 0. The van der Waals surface area contributed by atoms with Gasteiger partial charge in [0.1, 0.15) is 6.61 Å². The first-order valence-corrected chi connectivity index (χ1v) is 7.52. The lowest BCUT2D eigenvalue weighted by Gasteiger charge is -2.24. The van der Waals surface area contributed by atoms with Crippen molar-refractivity contribution in [2.24, 2.45) is 0 Å². The third-order valence-electron chi connectivity index (χ3n) is 3.08. The van der Waals surface area contributed by atoms with Gasteiger partial charge in [-0.2, -0.15) is 0 Å². The molecule has 1 aliphatic rings. The Hall–Kier alpha value is -2.76. The quantitative estimate of drug-likeness (QED) is 0.599. The predicted molar refractivity (Wildman–Crippen MR) is 88.8 cm³/mol. The Morgan fingerprint density at radius 1 is 1.12 bits per heavy atom. The number of rotatable bonds is 4. The molecule has 0 bridgehead atoms. The fraction of sp³-hybridized carbons (Fsp3) is 0.412. The molecule has 8 heteroatoms. The van der Waals surface area contributed by atoms with Crippen LogP contribution < -0.4 is 9.47 Å². The highest BCUT2D eigenvalue weighted by Crippen LogP contribution is 2.25. The molecule has 0 unspecified atom stereocenters. The van der Waals surface area contributed by atoms with Gasteiger partial charge >= 0.3 is 11.9 Å². The predicted octanol–water partition coefficient (Wildman–Crippen LogP) is 0.565. The molecule has 2 rings (SSSR count). The van der Waals surface area contributed by atoms with Gasteiger partial charge in [-0.15, -0.1) is 0 Å². The summed E-state index contributed by atoms with van der Waals surface area (Å²) in [6.07, 6.45) is 0. The molecule has 1 heterocycles. The summed E-state index contributed by atoms with van der Waals surface area (Å²) in [5.74, 6) is 3.95. The highest BCUT2D eigenvalue weighted by atomic mass is 16.5. The third kappa shape index (κ3) is 8.60. The number of hydrogen-bond acceptors (Lipinski definition) is 6.